The minimum atomic E-state index is 0.188. The van der Waals surface area contributed by atoms with Crippen LogP contribution in [0.2, 0.25) is 0 Å². The quantitative estimate of drug-likeness (QED) is 0.293. The molecular weight excluding hydrogens is 270 g/mol. The van der Waals surface area contributed by atoms with Gasteiger partial charge in [0, 0.05) is 6.04 Å². The van der Waals surface area contributed by atoms with Crippen LogP contribution < -0.4 is 5.32 Å². The Morgan fingerprint density at radius 1 is 0.864 bits per heavy atom. The lowest BCUT2D eigenvalue weighted by Gasteiger charge is -2.17. The van der Waals surface area contributed by atoms with Crippen LogP contribution in [0.5, 0.6) is 0 Å². The lowest BCUT2D eigenvalue weighted by Crippen LogP contribution is -2.34. The standard InChI is InChI=1S/C20H41NO/c1-4-5-6-7-8-9-10-11-12-13-14-15-16-17-19(2)20(18-22)21-3/h16-17,19-22H,4-15,18H2,1-3H3/b17-16+. The van der Waals surface area contributed by atoms with E-state index in [2.05, 4.69) is 31.3 Å². The van der Waals surface area contributed by atoms with Crippen molar-refractivity contribution in [3.05, 3.63) is 12.2 Å². The molecule has 0 amide bonds. The Balaban J connectivity index is 3.29. The van der Waals surface area contributed by atoms with Gasteiger partial charge in [0.25, 0.3) is 0 Å². The molecule has 2 unspecified atom stereocenters. The summed E-state index contributed by atoms with van der Waals surface area (Å²) < 4.78 is 0. The first kappa shape index (κ1) is 21.7. The Labute approximate surface area is 139 Å². The van der Waals surface area contributed by atoms with E-state index in [9.17, 15) is 5.11 Å². The van der Waals surface area contributed by atoms with Gasteiger partial charge in [-0.15, -0.1) is 0 Å². The summed E-state index contributed by atoms with van der Waals surface area (Å²) in [5.74, 6) is 0.405. The van der Waals surface area contributed by atoms with Crippen molar-refractivity contribution >= 4 is 0 Å². The molecule has 2 nitrogen and oxygen atoms in total. The predicted octanol–water partition coefficient (Wildman–Crippen LogP) is 5.46. The number of rotatable bonds is 16. The number of aliphatic hydroxyl groups excluding tert-OH is 1. The lowest BCUT2D eigenvalue weighted by atomic mass is 10.0. The molecule has 2 atom stereocenters. The number of allylic oxidation sites excluding steroid dienone is 1. The monoisotopic (exact) mass is 311 g/mol. The molecule has 0 rings (SSSR count). The molecule has 0 radical (unpaired) electrons. The molecule has 0 aromatic rings. The fourth-order valence-electron chi connectivity index (χ4n) is 2.89. The van der Waals surface area contributed by atoms with Crippen molar-refractivity contribution in [1.29, 1.82) is 0 Å². The van der Waals surface area contributed by atoms with Crippen LogP contribution in [0.3, 0.4) is 0 Å². The molecule has 0 bridgehead atoms. The molecule has 0 aromatic heterocycles. The molecule has 0 saturated heterocycles. The fraction of sp³-hybridized carbons (Fsp3) is 0.900. The average molecular weight is 312 g/mol. The first-order chi connectivity index (χ1) is 10.8. The average Bonchev–Trinajstić information content (AvgIpc) is 2.53. The highest BCUT2D eigenvalue weighted by Gasteiger charge is 2.10. The van der Waals surface area contributed by atoms with Crippen molar-refractivity contribution in [2.75, 3.05) is 13.7 Å². The summed E-state index contributed by atoms with van der Waals surface area (Å²) in [6.45, 7) is 4.65. The molecule has 0 spiro atoms. The van der Waals surface area contributed by atoms with Gasteiger partial charge in [-0.05, 0) is 25.8 Å². The summed E-state index contributed by atoms with van der Waals surface area (Å²) >= 11 is 0. The van der Waals surface area contributed by atoms with Gasteiger partial charge in [-0.3, -0.25) is 0 Å². The molecule has 0 aliphatic rings. The Hall–Kier alpha value is -0.340. The molecule has 22 heavy (non-hydrogen) atoms. The lowest BCUT2D eigenvalue weighted by molar-refractivity contribution is 0.226. The zero-order valence-electron chi connectivity index (χ0n) is 15.4. The molecule has 0 aliphatic heterocycles. The minimum Gasteiger partial charge on any atom is -0.395 e. The number of hydrogen-bond acceptors (Lipinski definition) is 2. The Morgan fingerprint density at radius 2 is 1.36 bits per heavy atom. The van der Waals surface area contributed by atoms with Gasteiger partial charge in [0.2, 0.25) is 0 Å². The van der Waals surface area contributed by atoms with Crippen LogP contribution in [0.1, 0.15) is 90.9 Å². The zero-order valence-corrected chi connectivity index (χ0v) is 15.4. The van der Waals surface area contributed by atoms with Crippen molar-refractivity contribution in [1.82, 2.24) is 5.32 Å². The van der Waals surface area contributed by atoms with Gasteiger partial charge >= 0.3 is 0 Å². The smallest absolute Gasteiger partial charge is 0.0590 e. The third kappa shape index (κ3) is 13.3. The maximum atomic E-state index is 9.20. The minimum absolute atomic E-state index is 0.188. The van der Waals surface area contributed by atoms with Gasteiger partial charge in [-0.1, -0.05) is 90.2 Å². The van der Waals surface area contributed by atoms with Gasteiger partial charge < -0.3 is 10.4 Å². The van der Waals surface area contributed by atoms with Crippen LogP contribution in [0.4, 0.5) is 0 Å². The van der Waals surface area contributed by atoms with Crippen LogP contribution in [-0.2, 0) is 0 Å². The van der Waals surface area contributed by atoms with Crippen LogP contribution >= 0.6 is 0 Å². The van der Waals surface area contributed by atoms with Gasteiger partial charge in [0.1, 0.15) is 0 Å². The first-order valence-corrected chi connectivity index (χ1v) is 9.71. The predicted molar refractivity (Wildman–Crippen MR) is 99.3 cm³/mol. The van der Waals surface area contributed by atoms with Crippen molar-refractivity contribution in [3.8, 4) is 0 Å². The van der Waals surface area contributed by atoms with E-state index in [1.54, 1.807) is 0 Å². The van der Waals surface area contributed by atoms with Crippen LogP contribution in [0.25, 0.3) is 0 Å². The van der Waals surface area contributed by atoms with E-state index in [4.69, 9.17) is 0 Å². The number of likely N-dealkylation sites (N-methyl/N-ethyl adjacent to an activating group) is 1. The van der Waals surface area contributed by atoms with Crippen molar-refractivity contribution in [2.24, 2.45) is 5.92 Å². The highest BCUT2D eigenvalue weighted by Crippen LogP contribution is 2.12. The van der Waals surface area contributed by atoms with Crippen molar-refractivity contribution in [2.45, 2.75) is 96.9 Å². The van der Waals surface area contributed by atoms with Gasteiger partial charge in [-0.25, -0.2) is 0 Å². The van der Waals surface area contributed by atoms with E-state index in [1.807, 2.05) is 7.05 Å². The van der Waals surface area contributed by atoms with Crippen molar-refractivity contribution < 1.29 is 5.11 Å². The number of nitrogens with one attached hydrogen (secondary N) is 1. The molecule has 0 aliphatic carbocycles. The van der Waals surface area contributed by atoms with Crippen molar-refractivity contribution in [3.63, 3.8) is 0 Å². The molecule has 2 N–H and O–H groups in total. The van der Waals surface area contributed by atoms with E-state index in [1.165, 1.54) is 77.0 Å². The molecule has 0 fully saturated rings. The van der Waals surface area contributed by atoms with E-state index in [-0.39, 0.29) is 12.6 Å². The third-order valence-corrected chi connectivity index (χ3v) is 4.62. The Morgan fingerprint density at radius 3 is 1.82 bits per heavy atom. The molecular formula is C20H41NO. The van der Waals surface area contributed by atoms with Crippen LogP contribution in [0, 0.1) is 5.92 Å². The number of unbranched alkanes of at least 4 members (excludes halogenated alkanes) is 11. The second-order valence-corrected chi connectivity index (χ2v) is 6.69. The van der Waals surface area contributed by atoms with Gasteiger partial charge in [0.05, 0.1) is 6.61 Å². The molecule has 0 heterocycles. The summed E-state index contributed by atoms with van der Waals surface area (Å²) in [5.41, 5.74) is 0. The summed E-state index contributed by atoms with van der Waals surface area (Å²) in [5, 5.41) is 12.4. The summed E-state index contributed by atoms with van der Waals surface area (Å²) in [4.78, 5) is 0. The fourth-order valence-corrected chi connectivity index (χ4v) is 2.89. The van der Waals surface area contributed by atoms with Crippen LogP contribution in [-0.4, -0.2) is 24.8 Å². The number of aliphatic hydroxyl groups is 1. The Kier molecular flexibility index (Phi) is 16.8. The van der Waals surface area contributed by atoms with Gasteiger partial charge in [0.15, 0.2) is 0 Å². The Bertz CT molecular complexity index is 236. The summed E-state index contributed by atoms with van der Waals surface area (Å²) in [6, 6.07) is 0.188. The normalized spacial score (nSPS) is 14.5. The van der Waals surface area contributed by atoms with E-state index in [0.29, 0.717) is 5.92 Å². The van der Waals surface area contributed by atoms with E-state index >= 15 is 0 Å². The SMILES string of the molecule is CCCCCCCCCCCCC/C=C/C(C)C(CO)NC. The maximum Gasteiger partial charge on any atom is 0.0590 e. The largest absolute Gasteiger partial charge is 0.395 e. The molecule has 2 heteroatoms. The number of hydrogen-bond donors (Lipinski definition) is 2. The second-order valence-electron chi connectivity index (χ2n) is 6.69. The second kappa shape index (κ2) is 17.0. The first-order valence-electron chi connectivity index (χ1n) is 9.71. The summed E-state index contributed by atoms with van der Waals surface area (Å²) in [7, 11) is 1.91. The maximum absolute atomic E-state index is 9.20. The topological polar surface area (TPSA) is 32.3 Å². The zero-order chi connectivity index (χ0) is 16.5. The third-order valence-electron chi connectivity index (χ3n) is 4.62. The van der Waals surface area contributed by atoms with Crippen LogP contribution in [0.15, 0.2) is 12.2 Å². The summed E-state index contributed by atoms with van der Waals surface area (Å²) in [6.07, 6.45) is 21.2. The highest BCUT2D eigenvalue weighted by atomic mass is 16.3. The van der Waals surface area contributed by atoms with Gasteiger partial charge in [-0.2, -0.15) is 0 Å². The molecule has 0 saturated carbocycles. The van der Waals surface area contributed by atoms with E-state index in [0.717, 1.165) is 0 Å². The van der Waals surface area contributed by atoms with E-state index < -0.39 is 0 Å². The molecule has 132 valence electrons. The molecule has 0 aromatic carbocycles. The highest BCUT2D eigenvalue weighted by molar-refractivity contribution is 4.91.